The number of aliphatic hydroxyl groups is 1. The Hall–Kier alpha value is -0.0900. The highest BCUT2D eigenvalue weighted by atomic mass is 32.2. The molecule has 0 amide bonds. The third kappa shape index (κ3) is 2.20. The Morgan fingerprint density at radius 3 is 1.67 bits per heavy atom. The van der Waals surface area contributed by atoms with Crippen LogP contribution in [0.15, 0.2) is 0 Å². The highest BCUT2D eigenvalue weighted by molar-refractivity contribution is 7.92. The van der Waals surface area contributed by atoms with Crippen LogP contribution in [-0.4, -0.2) is 30.6 Å². The van der Waals surface area contributed by atoms with Crippen molar-refractivity contribution in [1.29, 1.82) is 0 Å². The topological polar surface area (TPSA) is 54.4 Å². The maximum Gasteiger partial charge on any atom is 0.155 e. The molecule has 0 aromatic rings. The molecule has 0 fully saturated rings. The summed E-state index contributed by atoms with van der Waals surface area (Å²) >= 11 is 0. The highest BCUT2D eigenvalue weighted by Gasteiger charge is 2.39. The van der Waals surface area contributed by atoms with Crippen LogP contribution in [0.25, 0.3) is 0 Å². The summed E-state index contributed by atoms with van der Waals surface area (Å²) in [5, 5.41) is 9.61. The first-order valence-corrected chi connectivity index (χ1v) is 5.87. The molecule has 0 saturated carbocycles. The van der Waals surface area contributed by atoms with Gasteiger partial charge in [0.2, 0.25) is 0 Å². The second-order valence-electron chi connectivity index (χ2n) is 4.06. The number of sulfone groups is 1. The van der Waals surface area contributed by atoms with Gasteiger partial charge in [-0.05, 0) is 19.8 Å². The van der Waals surface area contributed by atoms with Gasteiger partial charge in [0.1, 0.15) is 0 Å². The lowest BCUT2D eigenvalue weighted by atomic mass is 9.96. The first kappa shape index (κ1) is 11.9. The molecule has 0 rings (SSSR count). The zero-order valence-corrected chi connectivity index (χ0v) is 9.14. The minimum Gasteiger partial charge on any atom is -0.391 e. The second kappa shape index (κ2) is 3.34. The van der Waals surface area contributed by atoms with Gasteiger partial charge in [0, 0.05) is 6.26 Å². The van der Waals surface area contributed by atoms with E-state index in [9.17, 15) is 13.5 Å². The molecule has 0 saturated heterocycles. The molecular weight excluding hydrogens is 176 g/mol. The lowest BCUT2D eigenvalue weighted by Crippen LogP contribution is -2.46. The van der Waals surface area contributed by atoms with E-state index in [1.807, 2.05) is 0 Å². The van der Waals surface area contributed by atoms with E-state index < -0.39 is 20.7 Å². The summed E-state index contributed by atoms with van der Waals surface area (Å²) in [6.07, 6.45) is 0.339. The lowest BCUT2D eigenvalue weighted by molar-refractivity contribution is 0.0918. The predicted molar refractivity (Wildman–Crippen MR) is 49.8 cm³/mol. The number of hydrogen-bond acceptors (Lipinski definition) is 3. The summed E-state index contributed by atoms with van der Waals surface area (Å²) in [6, 6.07) is 0. The Morgan fingerprint density at radius 1 is 1.25 bits per heavy atom. The third-order valence-corrected chi connectivity index (χ3v) is 4.45. The molecule has 12 heavy (non-hydrogen) atoms. The molecule has 3 nitrogen and oxygen atoms in total. The van der Waals surface area contributed by atoms with E-state index in [0.29, 0.717) is 0 Å². The van der Waals surface area contributed by atoms with E-state index >= 15 is 0 Å². The fourth-order valence-electron chi connectivity index (χ4n) is 1.02. The molecule has 0 radical (unpaired) electrons. The van der Waals surface area contributed by atoms with Crippen LogP contribution < -0.4 is 0 Å². The summed E-state index contributed by atoms with van der Waals surface area (Å²) in [5.74, 6) is -0.0466. The van der Waals surface area contributed by atoms with Gasteiger partial charge in [0.15, 0.2) is 9.84 Å². The zero-order chi connectivity index (χ0) is 10.2. The Labute approximate surface area is 74.7 Å². The van der Waals surface area contributed by atoms with Gasteiger partial charge in [0.25, 0.3) is 0 Å². The van der Waals surface area contributed by atoms with Gasteiger partial charge in [0.05, 0.1) is 10.9 Å². The zero-order valence-electron chi connectivity index (χ0n) is 8.33. The SMILES string of the molecule is CC(C)C(O)C(C)(C)S(C)(=O)=O. The summed E-state index contributed by atoms with van der Waals surface area (Å²) in [5.41, 5.74) is 0. The molecule has 0 spiro atoms. The minimum absolute atomic E-state index is 0.0466. The molecular formula is C8H18O3S. The Balaban J connectivity index is 4.87. The average molecular weight is 194 g/mol. The number of aliphatic hydroxyl groups excluding tert-OH is 1. The van der Waals surface area contributed by atoms with Crippen molar-refractivity contribution >= 4 is 9.84 Å². The van der Waals surface area contributed by atoms with Crippen LogP contribution in [0.5, 0.6) is 0 Å². The van der Waals surface area contributed by atoms with Gasteiger partial charge in [-0.3, -0.25) is 0 Å². The van der Waals surface area contributed by atoms with Gasteiger partial charge in [-0.25, -0.2) is 8.42 Å². The molecule has 4 heteroatoms. The van der Waals surface area contributed by atoms with Crippen LogP contribution in [0.3, 0.4) is 0 Å². The molecule has 1 atom stereocenters. The van der Waals surface area contributed by atoms with Crippen molar-refractivity contribution in [2.24, 2.45) is 5.92 Å². The molecule has 0 aromatic heterocycles. The first-order chi connectivity index (χ1) is 5.10. The molecule has 0 aliphatic heterocycles. The summed E-state index contributed by atoms with van der Waals surface area (Å²) in [6.45, 7) is 6.70. The maximum atomic E-state index is 11.2. The molecule has 0 aliphatic rings. The second-order valence-corrected chi connectivity index (χ2v) is 6.66. The van der Waals surface area contributed by atoms with Gasteiger partial charge < -0.3 is 5.11 Å². The Kier molecular flexibility index (Phi) is 3.32. The van der Waals surface area contributed by atoms with Crippen molar-refractivity contribution in [2.45, 2.75) is 38.5 Å². The standard InChI is InChI=1S/C8H18O3S/c1-6(2)7(9)8(3,4)12(5,10)11/h6-7,9H,1-5H3. The summed E-state index contributed by atoms with van der Waals surface area (Å²) in [4.78, 5) is 0. The summed E-state index contributed by atoms with van der Waals surface area (Å²) in [7, 11) is -3.20. The Bertz CT molecular complexity index is 239. The van der Waals surface area contributed by atoms with Gasteiger partial charge in [-0.2, -0.15) is 0 Å². The van der Waals surface area contributed by atoms with Crippen LogP contribution in [-0.2, 0) is 9.84 Å². The molecule has 0 heterocycles. The maximum absolute atomic E-state index is 11.2. The van der Waals surface area contributed by atoms with Crippen LogP contribution >= 0.6 is 0 Å². The molecule has 0 bridgehead atoms. The molecule has 0 aliphatic carbocycles. The van der Waals surface area contributed by atoms with E-state index in [2.05, 4.69) is 0 Å². The van der Waals surface area contributed by atoms with E-state index in [1.54, 1.807) is 27.7 Å². The molecule has 74 valence electrons. The number of rotatable bonds is 3. The first-order valence-electron chi connectivity index (χ1n) is 3.98. The molecule has 1 unspecified atom stereocenters. The Morgan fingerprint density at radius 2 is 1.58 bits per heavy atom. The lowest BCUT2D eigenvalue weighted by Gasteiger charge is -2.31. The average Bonchev–Trinajstić information content (AvgIpc) is 1.83. The third-order valence-electron chi connectivity index (χ3n) is 2.30. The van der Waals surface area contributed by atoms with Gasteiger partial charge in [-0.1, -0.05) is 13.8 Å². The van der Waals surface area contributed by atoms with Crippen LogP contribution in [0.1, 0.15) is 27.7 Å². The van der Waals surface area contributed by atoms with E-state index in [-0.39, 0.29) is 5.92 Å². The van der Waals surface area contributed by atoms with Crippen LogP contribution in [0, 0.1) is 5.92 Å². The fourth-order valence-corrected chi connectivity index (χ4v) is 1.73. The number of hydrogen-bond donors (Lipinski definition) is 1. The normalized spacial score (nSPS) is 16.6. The van der Waals surface area contributed by atoms with Crippen molar-refractivity contribution in [2.75, 3.05) is 6.26 Å². The van der Waals surface area contributed by atoms with Crippen molar-refractivity contribution < 1.29 is 13.5 Å². The van der Waals surface area contributed by atoms with Crippen molar-refractivity contribution in [3.05, 3.63) is 0 Å². The van der Waals surface area contributed by atoms with Gasteiger partial charge >= 0.3 is 0 Å². The van der Waals surface area contributed by atoms with Crippen molar-refractivity contribution in [1.82, 2.24) is 0 Å². The minimum atomic E-state index is -3.20. The van der Waals surface area contributed by atoms with Crippen LogP contribution in [0.2, 0.25) is 0 Å². The van der Waals surface area contributed by atoms with E-state index in [1.165, 1.54) is 0 Å². The predicted octanol–water partition coefficient (Wildman–Crippen LogP) is 0.827. The fraction of sp³-hybridized carbons (Fsp3) is 1.00. The molecule has 1 N–H and O–H groups in total. The summed E-state index contributed by atoms with van der Waals surface area (Å²) < 4.78 is 21.4. The van der Waals surface area contributed by atoms with Crippen molar-refractivity contribution in [3.8, 4) is 0 Å². The van der Waals surface area contributed by atoms with E-state index in [4.69, 9.17) is 0 Å². The smallest absolute Gasteiger partial charge is 0.155 e. The molecule has 0 aromatic carbocycles. The quantitative estimate of drug-likeness (QED) is 0.724. The highest BCUT2D eigenvalue weighted by Crippen LogP contribution is 2.24. The van der Waals surface area contributed by atoms with Crippen LogP contribution in [0.4, 0.5) is 0 Å². The van der Waals surface area contributed by atoms with Crippen molar-refractivity contribution in [3.63, 3.8) is 0 Å². The monoisotopic (exact) mass is 194 g/mol. The van der Waals surface area contributed by atoms with E-state index in [0.717, 1.165) is 6.26 Å². The largest absolute Gasteiger partial charge is 0.391 e. The van der Waals surface area contributed by atoms with Gasteiger partial charge in [-0.15, -0.1) is 0 Å².